The number of rotatable bonds is 4. The highest BCUT2D eigenvalue weighted by molar-refractivity contribution is 5.98. The maximum atomic E-state index is 12.2. The summed E-state index contributed by atoms with van der Waals surface area (Å²) in [5, 5.41) is 13.5. The molecule has 1 amide bonds. The predicted octanol–water partition coefficient (Wildman–Crippen LogP) is 2.15. The van der Waals surface area contributed by atoms with Gasteiger partial charge in [0, 0.05) is 42.1 Å². The zero-order valence-electron chi connectivity index (χ0n) is 14.3. The van der Waals surface area contributed by atoms with Crippen LogP contribution in [0.5, 0.6) is 0 Å². The van der Waals surface area contributed by atoms with Gasteiger partial charge in [-0.15, -0.1) is 0 Å². The Bertz CT molecular complexity index is 1000. The minimum absolute atomic E-state index is 0.0409. The molecule has 0 unspecified atom stereocenters. The summed E-state index contributed by atoms with van der Waals surface area (Å²) in [6.07, 6.45) is 5.83. The summed E-state index contributed by atoms with van der Waals surface area (Å²) in [5.74, 6) is 0.671. The zero-order chi connectivity index (χ0) is 18.3. The maximum Gasteiger partial charge on any atom is 0.229 e. The number of pyridine rings is 3. The molecule has 0 saturated heterocycles. The van der Waals surface area contributed by atoms with Gasteiger partial charge < -0.3 is 16.2 Å². The molecule has 1 aliphatic rings. The first-order chi connectivity index (χ1) is 12.6. The summed E-state index contributed by atoms with van der Waals surface area (Å²) in [4.78, 5) is 25.1. The van der Waals surface area contributed by atoms with E-state index in [2.05, 4.69) is 20.3 Å². The van der Waals surface area contributed by atoms with Crippen LogP contribution in [0.3, 0.4) is 0 Å². The van der Waals surface area contributed by atoms with Gasteiger partial charge in [-0.3, -0.25) is 9.78 Å². The number of hydrogen-bond donors (Lipinski definition) is 3. The number of aromatic nitrogens is 3. The van der Waals surface area contributed by atoms with Crippen molar-refractivity contribution in [1.29, 1.82) is 0 Å². The van der Waals surface area contributed by atoms with E-state index in [0.29, 0.717) is 11.6 Å². The first-order valence-corrected chi connectivity index (χ1v) is 8.46. The second-order valence-corrected chi connectivity index (χ2v) is 6.65. The number of nitrogens with one attached hydrogen (secondary N) is 1. The number of aliphatic hydroxyl groups is 1. The Kier molecular flexibility index (Phi) is 4.00. The predicted molar refractivity (Wildman–Crippen MR) is 99.2 cm³/mol. The Morgan fingerprint density at radius 2 is 2.23 bits per heavy atom. The van der Waals surface area contributed by atoms with Crippen molar-refractivity contribution in [2.24, 2.45) is 11.8 Å². The van der Waals surface area contributed by atoms with Crippen LogP contribution < -0.4 is 11.1 Å². The van der Waals surface area contributed by atoms with Crippen molar-refractivity contribution in [2.75, 3.05) is 17.7 Å². The Balaban J connectivity index is 1.68. The quantitative estimate of drug-likeness (QED) is 0.665. The van der Waals surface area contributed by atoms with E-state index in [0.717, 1.165) is 34.0 Å². The number of hydrogen-bond acceptors (Lipinski definition) is 6. The van der Waals surface area contributed by atoms with Gasteiger partial charge in [-0.25, -0.2) is 9.97 Å². The molecule has 1 saturated carbocycles. The maximum absolute atomic E-state index is 12.2. The fourth-order valence-electron chi connectivity index (χ4n) is 3.10. The second kappa shape index (κ2) is 6.34. The molecule has 0 spiro atoms. The summed E-state index contributed by atoms with van der Waals surface area (Å²) >= 11 is 0. The Hall–Kier alpha value is -3.06. The smallest absolute Gasteiger partial charge is 0.229 e. The van der Waals surface area contributed by atoms with Gasteiger partial charge in [-0.2, -0.15) is 0 Å². The lowest BCUT2D eigenvalue weighted by molar-refractivity contribution is -0.117. The van der Waals surface area contributed by atoms with Crippen molar-refractivity contribution in [3.8, 4) is 11.3 Å². The molecule has 4 rings (SSSR count). The van der Waals surface area contributed by atoms with Gasteiger partial charge in [0.25, 0.3) is 0 Å². The number of aliphatic hydroxyl groups excluding tert-OH is 1. The van der Waals surface area contributed by atoms with Gasteiger partial charge in [0.15, 0.2) is 0 Å². The number of nitrogens with zero attached hydrogens (tertiary/aromatic N) is 3. The van der Waals surface area contributed by atoms with Gasteiger partial charge >= 0.3 is 0 Å². The molecule has 0 radical (unpaired) electrons. The molecule has 3 heterocycles. The SMILES string of the molecule is Cc1ccncc1-c1cc2cc(NC(=O)[C@H]3C[C@@H]3CO)ncc2c(N)n1. The van der Waals surface area contributed by atoms with Crippen LogP contribution >= 0.6 is 0 Å². The Morgan fingerprint density at radius 3 is 2.96 bits per heavy atom. The normalized spacial score (nSPS) is 18.7. The van der Waals surface area contributed by atoms with Gasteiger partial charge in [0.05, 0.1) is 5.69 Å². The summed E-state index contributed by atoms with van der Waals surface area (Å²) in [6, 6.07) is 5.63. The molecule has 7 heteroatoms. The van der Waals surface area contributed by atoms with E-state index in [-0.39, 0.29) is 24.3 Å². The number of fused-ring (bicyclic) bond motifs is 1. The topological polar surface area (TPSA) is 114 Å². The molecule has 132 valence electrons. The molecule has 2 atom stereocenters. The van der Waals surface area contributed by atoms with Crippen LogP contribution in [0, 0.1) is 18.8 Å². The minimum atomic E-state index is -0.131. The summed E-state index contributed by atoms with van der Waals surface area (Å²) in [6.45, 7) is 2.03. The number of nitrogens with two attached hydrogens (primary N) is 1. The van der Waals surface area contributed by atoms with Crippen LogP contribution in [-0.4, -0.2) is 32.6 Å². The van der Waals surface area contributed by atoms with E-state index in [9.17, 15) is 4.79 Å². The van der Waals surface area contributed by atoms with Crippen molar-refractivity contribution in [3.63, 3.8) is 0 Å². The molecule has 1 aliphatic carbocycles. The van der Waals surface area contributed by atoms with Crippen molar-refractivity contribution in [2.45, 2.75) is 13.3 Å². The number of carbonyl (C=O) groups is 1. The highest BCUT2D eigenvalue weighted by Gasteiger charge is 2.42. The average molecular weight is 349 g/mol. The molecule has 0 aliphatic heterocycles. The first-order valence-electron chi connectivity index (χ1n) is 8.46. The van der Waals surface area contributed by atoms with Crippen LogP contribution in [0.4, 0.5) is 11.6 Å². The molecule has 4 N–H and O–H groups in total. The van der Waals surface area contributed by atoms with E-state index in [1.165, 1.54) is 0 Å². The molecule has 0 aromatic carbocycles. The number of nitrogen functional groups attached to an aromatic ring is 1. The van der Waals surface area contributed by atoms with Crippen molar-refractivity contribution < 1.29 is 9.90 Å². The van der Waals surface area contributed by atoms with Crippen molar-refractivity contribution in [3.05, 3.63) is 42.4 Å². The molecule has 3 aromatic heterocycles. The standard InChI is InChI=1S/C19H19N5O2/c1-10-2-3-21-7-14(10)16-5-11-6-17(22-8-15(11)18(20)23-16)24-19(26)13-4-12(13)9-25/h2-3,5-8,12-13,25H,4,9H2,1H3,(H2,20,23)(H,22,24,26)/t12-,13+/m1/s1. The first kappa shape index (κ1) is 16.4. The third-order valence-corrected chi connectivity index (χ3v) is 4.81. The summed E-state index contributed by atoms with van der Waals surface area (Å²) in [7, 11) is 0. The third-order valence-electron chi connectivity index (χ3n) is 4.81. The molecule has 7 nitrogen and oxygen atoms in total. The lowest BCUT2D eigenvalue weighted by Crippen LogP contribution is -2.16. The van der Waals surface area contributed by atoms with E-state index < -0.39 is 0 Å². The fourth-order valence-corrected chi connectivity index (χ4v) is 3.10. The van der Waals surface area contributed by atoms with Crippen LogP contribution in [-0.2, 0) is 4.79 Å². The highest BCUT2D eigenvalue weighted by atomic mass is 16.3. The summed E-state index contributed by atoms with van der Waals surface area (Å²) < 4.78 is 0. The largest absolute Gasteiger partial charge is 0.396 e. The van der Waals surface area contributed by atoms with Crippen LogP contribution in [0.1, 0.15) is 12.0 Å². The van der Waals surface area contributed by atoms with Gasteiger partial charge in [-0.05, 0) is 48.4 Å². The molecule has 1 fully saturated rings. The highest BCUT2D eigenvalue weighted by Crippen LogP contribution is 2.38. The number of amides is 1. The molecule has 0 bridgehead atoms. The molecular weight excluding hydrogens is 330 g/mol. The van der Waals surface area contributed by atoms with Crippen molar-refractivity contribution >= 4 is 28.3 Å². The third kappa shape index (κ3) is 2.97. The summed E-state index contributed by atoms with van der Waals surface area (Å²) in [5.41, 5.74) is 8.79. The Morgan fingerprint density at radius 1 is 1.38 bits per heavy atom. The van der Waals surface area contributed by atoms with E-state index >= 15 is 0 Å². The minimum Gasteiger partial charge on any atom is -0.396 e. The molecule has 3 aromatic rings. The number of aryl methyl sites for hydroxylation is 1. The van der Waals surface area contributed by atoms with E-state index in [4.69, 9.17) is 10.8 Å². The Labute approximate surface area is 150 Å². The lowest BCUT2D eigenvalue weighted by Gasteiger charge is -2.10. The van der Waals surface area contributed by atoms with Crippen LogP contribution in [0.2, 0.25) is 0 Å². The molecule has 26 heavy (non-hydrogen) atoms. The van der Waals surface area contributed by atoms with Crippen LogP contribution in [0.15, 0.2) is 36.8 Å². The van der Waals surface area contributed by atoms with E-state index in [1.807, 2.05) is 19.1 Å². The number of anilines is 2. The fraction of sp³-hybridized carbons (Fsp3) is 0.263. The lowest BCUT2D eigenvalue weighted by atomic mass is 10.1. The van der Waals surface area contributed by atoms with Gasteiger partial charge in [0.2, 0.25) is 5.91 Å². The van der Waals surface area contributed by atoms with E-state index in [1.54, 1.807) is 24.7 Å². The van der Waals surface area contributed by atoms with Crippen LogP contribution in [0.25, 0.3) is 22.0 Å². The second-order valence-electron chi connectivity index (χ2n) is 6.65. The van der Waals surface area contributed by atoms with Crippen molar-refractivity contribution in [1.82, 2.24) is 15.0 Å². The molecular formula is C19H19N5O2. The number of carbonyl (C=O) groups excluding carboxylic acids is 1. The van der Waals surface area contributed by atoms with Gasteiger partial charge in [0.1, 0.15) is 11.6 Å². The monoisotopic (exact) mass is 349 g/mol. The average Bonchev–Trinajstić information content (AvgIpc) is 3.42. The zero-order valence-corrected chi connectivity index (χ0v) is 14.3. The van der Waals surface area contributed by atoms with Gasteiger partial charge in [-0.1, -0.05) is 0 Å².